The molecule has 0 N–H and O–H groups in total. The second-order valence-electron chi connectivity index (χ2n) is 2.04. The van der Waals surface area contributed by atoms with E-state index >= 15 is 0 Å². The molecule has 0 aliphatic rings. The molecule has 0 rings (SSSR count). The minimum absolute atomic E-state index is 0. The zero-order chi connectivity index (χ0) is 22.5. The molecule has 0 unspecified atom stereocenters. The molecule has 0 aliphatic carbocycles. The van der Waals surface area contributed by atoms with Gasteiger partial charge in [-0.1, -0.05) is 0 Å². The quantitative estimate of drug-likeness (QED) is 0.177. The molecular formula is O20S5V3-10. The third-order valence-corrected chi connectivity index (χ3v) is 0. The second kappa shape index (κ2) is 21.3. The molecular weight excluding hydrogens is 633 g/mol. The summed E-state index contributed by atoms with van der Waals surface area (Å²) >= 11 is 0. The van der Waals surface area contributed by atoms with E-state index in [9.17, 15) is 0 Å². The molecule has 0 fully saturated rings. The second-order valence-corrected chi connectivity index (χ2v) is 6.12. The fourth-order valence-electron chi connectivity index (χ4n) is 0. The molecule has 0 aromatic carbocycles. The monoisotopic (exact) mass is 633 g/mol. The van der Waals surface area contributed by atoms with Crippen molar-refractivity contribution in [3.63, 3.8) is 0 Å². The van der Waals surface area contributed by atoms with Crippen molar-refractivity contribution < 1.29 is 143 Å². The van der Waals surface area contributed by atoms with Gasteiger partial charge in [0.15, 0.2) is 0 Å². The molecule has 0 amide bonds. The fraction of sp³-hybridized carbons (Fsp3) is 0. The Bertz CT molecular complexity index is 622. The molecule has 0 saturated heterocycles. The average molecular weight is 633 g/mol. The van der Waals surface area contributed by atoms with Crippen LogP contribution in [0.2, 0.25) is 0 Å². The van der Waals surface area contributed by atoms with Crippen LogP contribution in [0.4, 0.5) is 0 Å². The first-order valence-electron chi connectivity index (χ1n) is 3.33. The Labute approximate surface area is 194 Å². The van der Waals surface area contributed by atoms with E-state index in [1.807, 2.05) is 0 Å². The maximum Gasteiger partial charge on any atom is 0.0311 e. The summed E-state index contributed by atoms with van der Waals surface area (Å²) in [5.41, 5.74) is 0. The first-order chi connectivity index (χ1) is 10.0. The molecule has 0 aromatic heterocycles. The van der Waals surface area contributed by atoms with Crippen LogP contribution in [0.1, 0.15) is 0 Å². The van der Waals surface area contributed by atoms with E-state index in [2.05, 4.69) is 0 Å². The van der Waals surface area contributed by atoms with Crippen molar-refractivity contribution in [2.75, 3.05) is 0 Å². The molecule has 0 atom stereocenters. The fourth-order valence-corrected chi connectivity index (χ4v) is 0. The predicted octanol–water partition coefficient (Wildman–Crippen LogP) is -6.70. The van der Waals surface area contributed by atoms with E-state index < -0.39 is 52.0 Å². The molecule has 0 aliphatic heterocycles. The van der Waals surface area contributed by atoms with Crippen LogP contribution in [0.5, 0.6) is 0 Å². The average Bonchev–Trinajstić information content (AvgIpc) is 1.79. The Hall–Kier alpha value is 1.10. The van der Waals surface area contributed by atoms with Gasteiger partial charge in [0, 0.05) is 108 Å². The molecule has 0 aromatic rings. The topological polar surface area (TPSA) is 401 Å². The van der Waals surface area contributed by atoms with E-state index in [4.69, 9.17) is 87.6 Å². The summed E-state index contributed by atoms with van der Waals surface area (Å²) in [7, 11) is -25.8. The van der Waals surface area contributed by atoms with Gasteiger partial charge in [-0.25, -0.2) is 0 Å². The van der Waals surface area contributed by atoms with Crippen LogP contribution in [-0.2, 0) is 108 Å². The van der Waals surface area contributed by atoms with Crippen molar-refractivity contribution in [3.8, 4) is 0 Å². The molecule has 28 heteroatoms. The van der Waals surface area contributed by atoms with Crippen LogP contribution in [0.15, 0.2) is 0 Å². The Morgan fingerprint density at radius 2 is 0.250 bits per heavy atom. The van der Waals surface area contributed by atoms with Gasteiger partial charge in [-0.3, -0.25) is 42.1 Å². The first-order valence-corrected chi connectivity index (χ1v) is 10.0. The van der Waals surface area contributed by atoms with Gasteiger partial charge in [0.1, 0.15) is 0 Å². The van der Waals surface area contributed by atoms with Crippen molar-refractivity contribution >= 4 is 52.0 Å². The maximum absolute atomic E-state index is 8.52. The van der Waals surface area contributed by atoms with Gasteiger partial charge in [-0.05, 0) is 0 Å². The van der Waals surface area contributed by atoms with E-state index in [0.29, 0.717) is 0 Å². The number of hydrogen-bond donors (Lipinski definition) is 0. The Morgan fingerprint density at radius 1 is 0.250 bits per heavy atom. The standard InChI is InChI=1S/5H2O4S.3V/c5*1-5(2,3)4;;;/h5*(H2,1,2,3,4);;;/p-10. The SMILES string of the molecule is O=S(=O)([O-])[O-].O=S(=O)([O-])[O-].O=S(=O)([O-])[O-].O=S(=O)([O-])[O-].O=S(=O)([O-])[O-].[V].[V].[V]. The van der Waals surface area contributed by atoms with Crippen molar-refractivity contribution in [1.82, 2.24) is 0 Å². The van der Waals surface area contributed by atoms with Crippen LogP contribution < -0.4 is 0 Å². The largest absolute Gasteiger partial charge is 0.759 e. The van der Waals surface area contributed by atoms with Crippen molar-refractivity contribution in [3.05, 3.63) is 0 Å². The van der Waals surface area contributed by atoms with Crippen molar-refractivity contribution in [2.45, 2.75) is 0 Å². The molecule has 0 bridgehead atoms. The van der Waals surface area contributed by atoms with E-state index in [0.717, 1.165) is 0 Å². The summed E-state index contributed by atoms with van der Waals surface area (Å²) in [5.74, 6) is 0. The van der Waals surface area contributed by atoms with E-state index in [-0.39, 0.29) is 55.7 Å². The Morgan fingerprint density at radius 3 is 0.250 bits per heavy atom. The first kappa shape index (κ1) is 51.6. The van der Waals surface area contributed by atoms with Crippen LogP contribution in [0, 0.1) is 0 Å². The maximum atomic E-state index is 8.52. The Balaban J connectivity index is -0.0000000290. The molecule has 28 heavy (non-hydrogen) atoms. The summed E-state index contributed by atoms with van der Waals surface area (Å²) in [6, 6.07) is 0. The number of rotatable bonds is 0. The van der Waals surface area contributed by atoms with Crippen molar-refractivity contribution in [1.29, 1.82) is 0 Å². The van der Waals surface area contributed by atoms with Gasteiger partial charge >= 0.3 is 0 Å². The van der Waals surface area contributed by atoms with Crippen LogP contribution in [0.3, 0.4) is 0 Å². The third-order valence-electron chi connectivity index (χ3n) is 0. The zero-order valence-corrected chi connectivity index (χ0v) is 19.8. The minimum atomic E-state index is -5.17. The van der Waals surface area contributed by atoms with Crippen LogP contribution in [-0.4, -0.2) is 87.6 Å². The summed E-state index contributed by atoms with van der Waals surface area (Å²) in [4.78, 5) is 0. The van der Waals surface area contributed by atoms with Crippen molar-refractivity contribution in [2.24, 2.45) is 0 Å². The normalized spacial score (nSPS) is 10.4. The molecule has 3 radical (unpaired) electrons. The van der Waals surface area contributed by atoms with Gasteiger partial charge in [-0.2, -0.15) is 0 Å². The molecule has 175 valence electrons. The predicted molar refractivity (Wildman–Crippen MR) is 52.4 cm³/mol. The van der Waals surface area contributed by atoms with Crippen LogP contribution >= 0.6 is 0 Å². The smallest absolute Gasteiger partial charge is 0.0311 e. The molecule has 0 saturated carbocycles. The summed E-state index contributed by atoms with van der Waals surface area (Å²) in [6.45, 7) is 0. The number of hydrogen-bond acceptors (Lipinski definition) is 20. The molecule has 0 spiro atoms. The summed E-state index contributed by atoms with van der Waals surface area (Å²) in [5, 5.41) is 0. The minimum Gasteiger partial charge on any atom is -0.759 e. The van der Waals surface area contributed by atoms with Crippen LogP contribution in [0.25, 0.3) is 0 Å². The third kappa shape index (κ3) is 15200. The van der Waals surface area contributed by atoms with Gasteiger partial charge in [0.2, 0.25) is 0 Å². The summed E-state index contributed by atoms with van der Waals surface area (Å²) < 4.78 is 170. The summed E-state index contributed by atoms with van der Waals surface area (Å²) in [6.07, 6.45) is 0. The van der Waals surface area contributed by atoms with Gasteiger partial charge in [-0.15, -0.1) is 0 Å². The van der Waals surface area contributed by atoms with Gasteiger partial charge in [0.05, 0.1) is 0 Å². The molecule has 20 nitrogen and oxygen atoms in total. The van der Waals surface area contributed by atoms with E-state index in [1.54, 1.807) is 0 Å². The zero-order valence-electron chi connectivity index (χ0n) is 11.5. The Kier molecular flexibility index (Phi) is 39.3. The van der Waals surface area contributed by atoms with Gasteiger partial charge in [0.25, 0.3) is 0 Å². The molecule has 0 heterocycles. The van der Waals surface area contributed by atoms with E-state index in [1.165, 1.54) is 0 Å². The van der Waals surface area contributed by atoms with Gasteiger partial charge < -0.3 is 45.5 Å².